The van der Waals surface area contributed by atoms with Crippen molar-refractivity contribution in [2.24, 2.45) is 0 Å². The van der Waals surface area contributed by atoms with Gasteiger partial charge in [-0.15, -0.1) is 0 Å². The summed E-state index contributed by atoms with van der Waals surface area (Å²) in [5, 5.41) is 9.10. The minimum Gasteiger partial charge on any atom is -0.495 e. The van der Waals surface area contributed by atoms with Crippen LogP contribution in [0.2, 0.25) is 0 Å². The average molecular weight is 316 g/mol. The summed E-state index contributed by atoms with van der Waals surface area (Å²) < 4.78 is 32.5. The zero-order chi connectivity index (χ0) is 16.3. The van der Waals surface area contributed by atoms with Crippen LogP contribution >= 0.6 is 0 Å². The zero-order valence-electron chi connectivity index (χ0n) is 13.2. The van der Waals surface area contributed by atoms with E-state index in [1.807, 2.05) is 32.8 Å². The Hall–Kier alpha value is -1.15. The Kier molecular flexibility index (Phi) is 5.75. The van der Waals surface area contributed by atoms with Crippen molar-refractivity contribution in [2.45, 2.75) is 30.9 Å². The number of sulfonamides is 1. The molecule has 0 bridgehead atoms. The summed E-state index contributed by atoms with van der Waals surface area (Å²) in [6, 6.07) is 4.52. The Morgan fingerprint density at radius 3 is 2.43 bits per heavy atom. The molecule has 0 spiro atoms. The predicted octanol–water partition coefficient (Wildman–Crippen LogP) is 0.806. The third kappa shape index (κ3) is 4.41. The van der Waals surface area contributed by atoms with Gasteiger partial charge in [0.2, 0.25) is 10.0 Å². The van der Waals surface area contributed by atoms with E-state index in [0.29, 0.717) is 5.56 Å². The van der Waals surface area contributed by atoms with Crippen molar-refractivity contribution in [3.05, 3.63) is 23.8 Å². The number of aliphatic hydroxyl groups is 1. The largest absolute Gasteiger partial charge is 0.495 e. The van der Waals surface area contributed by atoms with Gasteiger partial charge in [0.15, 0.2) is 0 Å². The first-order valence-electron chi connectivity index (χ1n) is 6.59. The lowest BCUT2D eigenvalue weighted by Gasteiger charge is -2.32. The Morgan fingerprint density at radius 1 is 1.33 bits per heavy atom. The molecule has 2 N–H and O–H groups in total. The van der Waals surface area contributed by atoms with E-state index in [4.69, 9.17) is 9.84 Å². The standard InChI is InChI=1S/C14H24N2O4S/c1-14(2,16(3)4)10-15-21(18,19)13-7-6-11(9-17)8-12(13)20-5/h6-8,15,17H,9-10H2,1-5H3. The van der Waals surface area contributed by atoms with E-state index in [0.717, 1.165) is 0 Å². The monoisotopic (exact) mass is 316 g/mol. The molecule has 0 unspecified atom stereocenters. The number of likely N-dealkylation sites (N-methyl/N-ethyl adjacent to an activating group) is 1. The van der Waals surface area contributed by atoms with Crippen LogP contribution in [0.1, 0.15) is 19.4 Å². The van der Waals surface area contributed by atoms with Crippen LogP contribution < -0.4 is 9.46 Å². The molecule has 0 aliphatic carbocycles. The van der Waals surface area contributed by atoms with Gasteiger partial charge >= 0.3 is 0 Å². The quantitative estimate of drug-likeness (QED) is 0.778. The lowest BCUT2D eigenvalue weighted by molar-refractivity contribution is 0.199. The highest BCUT2D eigenvalue weighted by atomic mass is 32.2. The predicted molar refractivity (Wildman–Crippen MR) is 81.9 cm³/mol. The molecule has 0 aliphatic rings. The van der Waals surface area contributed by atoms with Crippen molar-refractivity contribution >= 4 is 10.0 Å². The molecule has 0 radical (unpaired) electrons. The van der Waals surface area contributed by atoms with Crippen molar-refractivity contribution in [1.82, 2.24) is 9.62 Å². The molecule has 0 saturated carbocycles. The summed E-state index contributed by atoms with van der Waals surface area (Å²) in [4.78, 5) is 2.01. The molecule has 1 aromatic carbocycles. The van der Waals surface area contributed by atoms with Gasteiger partial charge in [-0.2, -0.15) is 0 Å². The van der Waals surface area contributed by atoms with E-state index >= 15 is 0 Å². The highest BCUT2D eigenvalue weighted by Gasteiger charge is 2.26. The van der Waals surface area contributed by atoms with E-state index in [9.17, 15) is 8.42 Å². The summed E-state index contributed by atoms with van der Waals surface area (Å²) in [6.07, 6.45) is 0. The van der Waals surface area contributed by atoms with E-state index in [1.165, 1.54) is 19.2 Å². The first-order chi connectivity index (χ1) is 9.64. The molecular weight excluding hydrogens is 292 g/mol. The van der Waals surface area contributed by atoms with E-state index in [-0.39, 0.29) is 29.3 Å². The molecule has 0 fully saturated rings. The minimum atomic E-state index is -3.68. The normalized spacial score (nSPS) is 12.7. The van der Waals surface area contributed by atoms with Crippen LogP contribution in [-0.2, 0) is 16.6 Å². The van der Waals surface area contributed by atoms with Gasteiger partial charge in [0.25, 0.3) is 0 Å². The highest BCUT2D eigenvalue weighted by Crippen LogP contribution is 2.25. The second kappa shape index (κ2) is 6.74. The number of benzene rings is 1. The molecule has 6 nitrogen and oxygen atoms in total. The van der Waals surface area contributed by atoms with Crippen molar-refractivity contribution in [2.75, 3.05) is 27.7 Å². The van der Waals surface area contributed by atoms with Gasteiger partial charge in [0.1, 0.15) is 10.6 Å². The third-order valence-corrected chi connectivity index (χ3v) is 5.05. The summed E-state index contributed by atoms with van der Waals surface area (Å²) >= 11 is 0. The molecule has 1 rings (SSSR count). The lowest BCUT2D eigenvalue weighted by Crippen LogP contribution is -2.48. The molecule has 120 valence electrons. The number of nitrogens with one attached hydrogen (secondary N) is 1. The smallest absolute Gasteiger partial charge is 0.244 e. The number of aliphatic hydroxyl groups excluding tert-OH is 1. The second-order valence-corrected chi connectivity index (χ2v) is 7.41. The Balaban J connectivity index is 3.03. The first-order valence-corrected chi connectivity index (χ1v) is 8.07. The SMILES string of the molecule is COc1cc(CO)ccc1S(=O)(=O)NCC(C)(C)N(C)C. The van der Waals surface area contributed by atoms with Gasteiger partial charge < -0.3 is 14.7 Å². The number of nitrogens with zero attached hydrogens (tertiary/aromatic N) is 1. The van der Waals surface area contributed by atoms with E-state index in [2.05, 4.69) is 4.72 Å². The van der Waals surface area contributed by atoms with Crippen molar-refractivity contribution in [3.8, 4) is 5.75 Å². The van der Waals surface area contributed by atoms with Crippen molar-refractivity contribution < 1.29 is 18.3 Å². The number of rotatable bonds is 7. The van der Waals surface area contributed by atoms with Crippen LogP contribution in [0.4, 0.5) is 0 Å². The molecular formula is C14H24N2O4S. The number of hydrogen-bond acceptors (Lipinski definition) is 5. The fourth-order valence-electron chi connectivity index (χ4n) is 1.54. The Bertz CT molecular complexity index is 583. The van der Waals surface area contributed by atoms with E-state index < -0.39 is 10.0 Å². The van der Waals surface area contributed by atoms with Crippen LogP contribution in [0.25, 0.3) is 0 Å². The van der Waals surface area contributed by atoms with Gasteiger partial charge in [-0.1, -0.05) is 6.07 Å². The summed E-state index contributed by atoms with van der Waals surface area (Å²) in [7, 11) is 1.51. The molecule has 0 heterocycles. The third-order valence-electron chi connectivity index (χ3n) is 3.61. The van der Waals surface area contributed by atoms with Crippen molar-refractivity contribution in [1.29, 1.82) is 0 Å². The molecule has 0 aromatic heterocycles. The number of methoxy groups -OCH3 is 1. The minimum absolute atomic E-state index is 0.0664. The van der Waals surface area contributed by atoms with Crippen molar-refractivity contribution in [3.63, 3.8) is 0 Å². The van der Waals surface area contributed by atoms with Gasteiger partial charge in [-0.3, -0.25) is 0 Å². The van der Waals surface area contributed by atoms with Gasteiger partial charge in [-0.05, 0) is 45.6 Å². The van der Waals surface area contributed by atoms with Crippen LogP contribution in [0.5, 0.6) is 5.75 Å². The molecule has 7 heteroatoms. The molecule has 0 saturated heterocycles. The van der Waals surface area contributed by atoms with Crippen LogP contribution in [0.3, 0.4) is 0 Å². The molecule has 0 amide bonds. The van der Waals surface area contributed by atoms with E-state index in [1.54, 1.807) is 6.07 Å². The summed E-state index contributed by atoms with van der Waals surface area (Å²) in [5.41, 5.74) is 0.283. The number of ether oxygens (including phenoxy) is 1. The van der Waals surface area contributed by atoms with Crippen LogP contribution in [-0.4, -0.2) is 51.7 Å². The summed E-state index contributed by atoms with van der Waals surface area (Å²) in [6.45, 7) is 3.99. The second-order valence-electron chi connectivity index (χ2n) is 5.67. The maximum absolute atomic E-state index is 12.4. The fourth-order valence-corrected chi connectivity index (χ4v) is 2.89. The lowest BCUT2D eigenvalue weighted by atomic mass is 10.1. The fraction of sp³-hybridized carbons (Fsp3) is 0.571. The Labute approximate surface area is 126 Å². The molecule has 0 aliphatic heterocycles. The highest BCUT2D eigenvalue weighted by molar-refractivity contribution is 7.89. The number of hydrogen-bond donors (Lipinski definition) is 2. The maximum atomic E-state index is 12.4. The molecule has 21 heavy (non-hydrogen) atoms. The molecule has 1 aromatic rings. The Morgan fingerprint density at radius 2 is 1.95 bits per heavy atom. The maximum Gasteiger partial charge on any atom is 0.244 e. The zero-order valence-corrected chi connectivity index (χ0v) is 14.0. The first kappa shape index (κ1) is 17.9. The van der Waals surface area contributed by atoms with Gasteiger partial charge in [0, 0.05) is 12.1 Å². The van der Waals surface area contributed by atoms with Crippen LogP contribution in [0, 0.1) is 0 Å². The average Bonchev–Trinajstić information content (AvgIpc) is 2.44. The van der Waals surface area contributed by atoms with Gasteiger partial charge in [0.05, 0.1) is 13.7 Å². The van der Waals surface area contributed by atoms with Crippen LogP contribution in [0.15, 0.2) is 23.1 Å². The van der Waals surface area contributed by atoms with Gasteiger partial charge in [-0.25, -0.2) is 13.1 Å². The molecule has 0 atom stereocenters. The topological polar surface area (TPSA) is 78.9 Å². The summed E-state index contributed by atoms with van der Waals surface area (Å²) in [5.74, 6) is 0.219.